The fourth-order valence-corrected chi connectivity index (χ4v) is 3.33. The molecule has 10 heteroatoms. The normalized spacial score (nSPS) is 16.1. The number of pyridine rings is 2. The van der Waals surface area contributed by atoms with Crippen LogP contribution in [0.1, 0.15) is 18.9 Å². The Labute approximate surface area is 171 Å². The van der Waals surface area contributed by atoms with Crippen LogP contribution in [0.4, 0.5) is 18.9 Å². The molecule has 3 rings (SSSR count). The van der Waals surface area contributed by atoms with Gasteiger partial charge in [-0.05, 0) is 31.0 Å². The Kier molecular flexibility index (Phi) is 7.28. The highest BCUT2D eigenvalue weighted by molar-refractivity contribution is 6.29. The van der Waals surface area contributed by atoms with Crippen LogP contribution in [0.2, 0.25) is 5.15 Å². The number of hydrogen-bond donors (Lipinski definition) is 2. The van der Waals surface area contributed by atoms with Crippen molar-refractivity contribution in [2.24, 2.45) is 0 Å². The zero-order valence-corrected chi connectivity index (χ0v) is 16.5. The van der Waals surface area contributed by atoms with E-state index in [0.29, 0.717) is 42.9 Å². The molecule has 0 amide bonds. The van der Waals surface area contributed by atoms with Crippen LogP contribution in [0, 0.1) is 5.82 Å². The zero-order chi connectivity index (χ0) is 21.0. The molecule has 2 aromatic rings. The fraction of sp³-hybridized carbons (Fsp3) is 0.474. The lowest BCUT2D eigenvalue weighted by molar-refractivity contribution is -0.197. The fourth-order valence-electron chi connectivity index (χ4n) is 3.17. The highest BCUT2D eigenvalue weighted by atomic mass is 35.5. The molecule has 1 fully saturated rings. The van der Waals surface area contributed by atoms with Crippen LogP contribution in [0.15, 0.2) is 24.5 Å². The number of nitrogens with one attached hydrogen (secondary N) is 1. The molecular formula is C19H22ClF3N4O2. The monoisotopic (exact) mass is 430 g/mol. The first-order chi connectivity index (χ1) is 13.9. The Morgan fingerprint density at radius 3 is 2.72 bits per heavy atom. The second-order valence-corrected chi connectivity index (χ2v) is 7.38. The molecule has 158 valence electrons. The lowest BCUT2D eigenvalue weighted by Crippen LogP contribution is -2.52. The number of rotatable bonds is 9. The maximum atomic E-state index is 14.8. The van der Waals surface area contributed by atoms with Gasteiger partial charge in [0, 0.05) is 55.9 Å². The standard InChI is InChI=1S/C19H22ClF3N4O2/c1-11(2-3-28)26-16-5-17(20)24-7-14(16)18-15(21)4-12(6-25-18)8-27-9-13(10-27)29-19(22)23/h4-7,11,13,19,28H,2-3,8-10H2,1H3,(H,24,26)/t11-/m0/s1. The molecule has 1 aliphatic rings. The van der Waals surface area contributed by atoms with Gasteiger partial charge in [0.15, 0.2) is 0 Å². The van der Waals surface area contributed by atoms with Gasteiger partial charge in [-0.1, -0.05) is 11.6 Å². The van der Waals surface area contributed by atoms with Crippen molar-refractivity contribution in [1.29, 1.82) is 0 Å². The predicted molar refractivity (Wildman–Crippen MR) is 103 cm³/mol. The van der Waals surface area contributed by atoms with E-state index in [9.17, 15) is 13.2 Å². The number of aromatic nitrogens is 2. The maximum Gasteiger partial charge on any atom is 0.345 e. The van der Waals surface area contributed by atoms with E-state index in [4.69, 9.17) is 16.7 Å². The summed E-state index contributed by atoms with van der Waals surface area (Å²) in [7, 11) is 0. The lowest BCUT2D eigenvalue weighted by Gasteiger charge is -2.38. The second-order valence-electron chi connectivity index (χ2n) is 7.00. The lowest BCUT2D eigenvalue weighted by atomic mass is 10.1. The molecule has 0 unspecified atom stereocenters. The molecule has 3 heterocycles. The van der Waals surface area contributed by atoms with Crippen LogP contribution < -0.4 is 5.32 Å². The number of aliphatic hydroxyl groups excluding tert-OH is 1. The van der Waals surface area contributed by atoms with Gasteiger partial charge in [-0.3, -0.25) is 9.88 Å². The van der Waals surface area contributed by atoms with Gasteiger partial charge in [0.05, 0.1) is 6.10 Å². The molecule has 6 nitrogen and oxygen atoms in total. The third-order valence-electron chi connectivity index (χ3n) is 4.61. The van der Waals surface area contributed by atoms with Crippen LogP contribution in [-0.2, 0) is 11.3 Å². The summed E-state index contributed by atoms with van der Waals surface area (Å²) in [5, 5.41) is 12.5. The van der Waals surface area contributed by atoms with Gasteiger partial charge < -0.3 is 15.2 Å². The summed E-state index contributed by atoms with van der Waals surface area (Å²) in [5.41, 5.74) is 1.78. The molecule has 2 aromatic heterocycles. The largest absolute Gasteiger partial charge is 0.396 e. The Hall–Kier alpha value is -1.94. The molecule has 1 atom stereocenters. The summed E-state index contributed by atoms with van der Waals surface area (Å²) in [5.74, 6) is -0.523. The first-order valence-corrected chi connectivity index (χ1v) is 9.57. The molecule has 0 radical (unpaired) electrons. The number of nitrogens with zero attached hydrogens (tertiary/aromatic N) is 3. The van der Waals surface area contributed by atoms with Crippen molar-refractivity contribution in [2.45, 2.75) is 38.6 Å². The van der Waals surface area contributed by atoms with Crippen molar-refractivity contribution >= 4 is 17.3 Å². The second kappa shape index (κ2) is 9.71. The zero-order valence-electron chi connectivity index (χ0n) is 15.8. The van der Waals surface area contributed by atoms with Crippen molar-refractivity contribution < 1.29 is 23.0 Å². The van der Waals surface area contributed by atoms with E-state index in [1.807, 2.05) is 11.8 Å². The number of alkyl halides is 2. The van der Waals surface area contributed by atoms with Gasteiger partial charge >= 0.3 is 6.61 Å². The van der Waals surface area contributed by atoms with Crippen molar-refractivity contribution in [3.63, 3.8) is 0 Å². The van der Waals surface area contributed by atoms with Gasteiger partial charge in [0.1, 0.15) is 16.7 Å². The van der Waals surface area contributed by atoms with Crippen LogP contribution >= 0.6 is 11.6 Å². The third-order valence-corrected chi connectivity index (χ3v) is 4.82. The molecule has 0 aliphatic carbocycles. The van der Waals surface area contributed by atoms with Crippen molar-refractivity contribution in [3.05, 3.63) is 41.1 Å². The minimum absolute atomic E-state index is 0.0172. The van der Waals surface area contributed by atoms with Crippen LogP contribution in [0.5, 0.6) is 0 Å². The van der Waals surface area contributed by atoms with E-state index in [2.05, 4.69) is 20.0 Å². The quantitative estimate of drug-likeness (QED) is 0.593. The number of aliphatic hydroxyl groups is 1. The molecule has 29 heavy (non-hydrogen) atoms. The SMILES string of the molecule is C[C@@H](CCO)Nc1cc(Cl)ncc1-c1ncc(CN2CC(OC(F)F)C2)cc1F. The summed E-state index contributed by atoms with van der Waals surface area (Å²) in [6.45, 7) is 0.251. The van der Waals surface area contributed by atoms with E-state index >= 15 is 0 Å². The predicted octanol–water partition coefficient (Wildman–Crippen LogP) is 3.54. The molecule has 1 aliphatic heterocycles. The molecule has 0 bridgehead atoms. The van der Waals surface area contributed by atoms with E-state index in [1.165, 1.54) is 12.3 Å². The van der Waals surface area contributed by atoms with Crippen molar-refractivity contribution in [1.82, 2.24) is 14.9 Å². The van der Waals surface area contributed by atoms with E-state index < -0.39 is 18.5 Å². The van der Waals surface area contributed by atoms with Gasteiger partial charge in [-0.15, -0.1) is 0 Å². The average Bonchev–Trinajstić information content (AvgIpc) is 2.61. The molecular weight excluding hydrogens is 409 g/mol. The highest BCUT2D eigenvalue weighted by Crippen LogP contribution is 2.31. The molecule has 0 aromatic carbocycles. The smallest absolute Gasteiger partial charge is 0.345 e. The molecule has 0 spiro atoms. The molecule has 1 saturated heterocycles. The number of ether oxygens (including phenoxy) is 1. The summed E-state index contributed by atoms with van der Waals surface area (Å²) < 4.78 is 43.5. The van der Waals surface area contributed by atoms with Crippen molar-refractivity contribution in [3.8, 4) is 11.3 Å². The average molecular weight is 431 g/mol. The van der Waals surface area contributed by atoms with E-state index in [0.717, 1.165) is 0 Å². The van der Waals surface area contributed by atoms with Crippen LogP contribution in [0.3, 0.4) is 0 Å². The Morgan fingerprint density at radius 2 is 2.07 bits per heavy atom. The minimum atomic E-state index is -2.78. The number of likely N-dealkylation sites (tertiary alicyclic amines) is 1. The summed E-state index contributed by atoms with van der Waals surface area (Å²) in [6, 6.07) is 2.90. The van der Waals surface area contributed by atoms with Crippen LogP contribution in [-0.4, -0.2) is 58.4 Å². The van der Waals surface area contributed by atoms with Gasteiger partial charge in [0.2, 0.25) is 0 Å². The van der Waals surface area contributed by atoms with E-state index in [-0.39, 0.29) is 23.5 Å². The Bertz CT molecular complexity index is 837. The van der Waals surface area contributed by atoms with Gasteiger partial charge in [-0.25, -0.2) is 9.37 Å². The highest BCUT2D eigenvalue weighted by Gasteiger charge is 2.30. The van der Waals surface area contributed by atoms with Gasteiger partial charge in [0.25, 0.3) is 0 Å². The first-order valence-electron chi connectivity index (χ1n) is 9.19. The number of halogens is 4. The molecule has 2 N–H and O–H groups in total. The minimum Gasteiger partial charge on any atom is -0.396 e. The summed E-state index contributed by atoms with van der Waals surface area (Å²) >= 11 is 5.98. The Morgan fingerprint density at radius 1 is 1.31 bits per heavy atom. The number of hydrogen-bond acceptors (Lipinski definition) is 6. The van der Waals surface area contributed by atoms with Gasteiger partial charge in [-0.2, -0.15) is 8.78 Å². The van der Waals surface area contributed by atoms with E-state index in [1.54, 1.807) is 12.3 Å². The van der Waals surface area contributed by atoms with Crippen LogP contribution in [0.25, 0.3) is 11.3 Å². The molecule has 0 saturated carbocycles. The topological polar surface area (TPSA) is 70.5 Å². The summed E-state index contributed by atoms with van der Waals surface area (Å²) in [6.07, 6.45) is 3.01. The number of anilines is 1. The van der Waals surface area contributed by atoms with Crippen molar-refractivity contribution in [2.75, 3.05) is 25.0 Å². The maximum absolute atomic E-state index is 14.8. The Balaban J connectivity index is 1.72. The summed E-state index contributed by atoms with van der Waals surface area (Å²) in [4.78, 5) is 10.1. The third kappa shape index (κ3) is 5.79. The first kappa shape index (κ1) is 21.8.